The monoisotopic (exact) mass is 240 g/mol. The standard InChI is InChI=1S/C14H28N2O/c1-11(2)9-13-5-4-6-14(10-13)16-8-7-15-12(3)17/h11,13-14,16H,4-10H2,1-3H3,(H,15,17). The SMILES string of the molecule is CC(=O)NCCNC1CCCC(CC(C)C)C1. The van der Waals surface area contributed by atoms with Crippen LogP contribution in [0.1, 0.15) is 52.9 Å². The number of hydrogen-bond acceptors (Lipinski definition) is 2. The Balaban J connectivity index is 2.14. The molecule has 2 atom stereocenters. The van der Waals surface area contributed by atoms with Crippen molar-refractivity contribution in [2.24, 2.45) is 11.8 Å². The van der Waals surface area contributed by atoms with Gasteiger partial charge in [-0.3, -0.25) is 4.79 Å². The summed E-state index contributed by atoms with van der Waals surface area (Å²) in [6.45, 7) is 7.85. The average molecular weight is 240 g/mol. The highest BCUT2D eigenvalue weighted by Gasteiger charge is 2.21. The van der Waals surface area contributed by atoms with Gasteiger partial charge in [-0.1, -0.05) is 26.7 Å². The number of nitrogens with one attached hydrogen (secondary N) is 2. The van der Waals surface area contributed by atoms with Gasteiger partial charge in [0, 0.05) is 26.1 Å². The van der Waals surface area contributed by atoms with Crippen molar-refractivity contribution in [2.75, 3.05) is 13.1 Å². The van der Waals surface area contributed by atoms with Crippen LogP contribution in [0, 0.1) is 11.8 Å². The summed E-state index contributed by atoms with van der Waals surface area (Å²) in [6.07, 6.45) is 6.74. The van der Waals surface area contributed by atoms with Crippen LogP contribution >= 0.6 is 0 Å². The lowest BCUT2D eigenvalue weighted by Crippen LogP contribution is -2.39. The summed E-state index contributed by atoms with van der Waals surface area (Å²) in [5, 5.41) is 6.39. The van der Waals surface area contributed by atoms with Crippen LogP contribution in [0.2, 0.25) is 0 Å². The molecule has 100 valence electrons. The highest BCUT2D eigenvalue weighted by molar-refractivity contribution is 5.72. The molecule has 3 nitrogen and oxygen atoms in total. The van der Waals surface area contributed by atoms with Crippen LogP contribution in [0.25, 0.3) is 0 Å². The van der Waals surface area contributed by atoms with Gasteiger partial charge in [-0.25, -0.2) is 0 Å². The van der Waals surface area contributed by atoms with E-state index in [2.05, 4.69) is 24.5 Å². The molecule has 0 radical (unpaired) electrons. The predicted molar refractivity (Wildman–Crippen MR) is 71.9 cm³/mol. The van der Waals surface area contributed by atoms with E-state index < -0.39 is 0 Å². The van der Waals surface area contributed by atoms with Gasteiger partial charge in [0.15, 0.2) is 0 Å². The molecule has 1 aliphatic rings. The van der Waals surface area contributed by atoms with E-state index in [-0.39, 0.29) is 5.91 Å². The molecule has 1 rings (SSSR count). The van der Waals surface area contributed by atoms with Gasteiger partial charge < -0.3 is 10.6 Å². The Morgan fingerprint density at radius 2 is 2.06 bits per heavy atom. The zero-order valence-electron chi connectivity index (χ0n) is 11.6. The summed E-state index contributed by atoms with van der Waals surface area (Å²) < 4.78 is 0. The third kappa shape index (κ3) is 6.67. The zero-order valence-corrected chi connectivity index (χ0v) is 11.6. The first-order valence-electron chi connectivity index (χ1n) is 7.05. The molecule has 1 fully saturated rings. The topological polar surface area (TPSA) is 41.1 Å². The largest absolute Gasteiger partial charge is 0.355 e. The summed E-state index contributed by atoms with van der Waals surface area (Å²) in [7, 11) is 0. The molecule has 3 heteroatoms. The highest BCUT2D eigenvalue weighted by Crippen LogP contribution is 2.29. The average Bonchev–Trinajstić information content (AvgIpc) is 2.24. The van der Waals surface area contributed by atoms with Crippen molar-refractivity contribution < 1.29 is 4.79 Å². The van der Waals surface area contributed by atoms with Crippen LogP contribution in [-0.4, -0.2) is 25.0 Å². The Morgan fingerprint density at radius 1 is 1.29 bits per heavy atom. The van der Waals surface area contributed by atoms with Gasteiger partial charge in [0.05, 0.1) is 0 Å². The lowest BCUT2D eigenvalue weighted by molar-refractivity contribution is -0.118. The number of carbonyl (C=O) groups is 1. The molecule has 0 aromatic carbocycles. The lowest BCUT2D eigenvalue weighted by atomic mass is 9.81. The summed E-state index contributed by atoms with van der Waals surface area (Å²) in [4.78, 5) is 10.7. The van der Waals surface area contributed by atoms with Gasteiger partial charge in [-0.05, 0) is 31.1 Å². The summed E-state index contributed by atoms with van der Waals surface area (Å²) in [6, 6.07) is 0.668. The van der Waals surface area contributed by atoms with E-state index >= 15 is 0 Å². The summed E-state index contributed by atoms with van der Waals surface area (Å²) >= 11 is 0. The molecule has 0 spiro atoms. The lowest BCUT2D eigenvalue weighted by Gasteiger charge is -2.31. The van der Waals surface area contributed by atoms with Crippen LogP contribution in [0.3, 0.4) is 0 Å². The molecule has 0 aliphatic heterocycles. The van der Waals surface area contributed by atoms with Crippen LogP contribution in [-0.2, 0) is 4.79 Å². The Morgan fingerprint density at radius 3 is 2.71 bits per heavy atom. The fourth-order valence-electron chi connectivity index (χ4n) is 2.87. The maximum atomic E-state index is 10.7. The van der Waals surface area contributed by atoms with E-state index in [0.717, 1.165) is 24.9 Å². The van der Waals surface area contributed by atoms with E-state index in [0.29, 0.717) is 6.04 Å². The molecule has 1 aliphatic carbocycles. The second-order valence-electron chi connectivity index (χ2n) is 5.80. The number of hydrogen-bond donors (Lipinski definition) is 2. The van der Waals surface area contributed by atoms with Crippen molar-refractivity contribution in [1.82, 2.24) is 10.6 Å². The maximum absolute atomic E-state index is 10.7. The van der Waals surface area contributed by atoms with E-state index in [1.165, 1.54) is 32.1 Å². The van der Waals surface area contributed by atoms with Gasteiger partial charge in [0.1, 0.15) is 0 Å². The Bertz CT molecular complexity index is 228. The molecule has 0 heterocycles. The Kier molecular flexibility index (Phi) is 6.56. The van der Waals surface area contributed by atoms with Crippen molar-refractivity contribution in [3.8, 4) is 0 Å². The number of carbonyl (C=O) groups excluding carboxylic acids is 1. The van der Waals surface area contributed by atoms with Gasteiger partial charge in [-0.15, -0.1) is 0 Å². The minimum Gasteiger partial charge on any atom is -0.355 e. The number of amides is 1. The van der Waals surface area contributed by atoms with E-state index in [1.54, 1.807) is 6.92 Å². The molecular weight excluding hydrogens is 212 g/mol. The molecule has 0 aromatic heterocycles. The van der Waals surface area contributed by atoms with E-state index in [4.69, 9.17) is 0 Å². The molecule has 0 aromatic rings. The fraction of sp³-hybridized carbons (Fsp3) is 0.929. The molecule has 0 bridgehead atoms. The molecule has 2 unspecified atom stereocenters. The molecule has 17 heavy (non-hydrogen) atoms. The quantitative estimate of drug-likeness (QED) is 0.700. The van der Waals surface area contributed by atoms with Crippen molar-refractivity contribution in [1.29, 1.82) is 0 Å². The Labute approximate surface area is 106 Å². The molecule has 2 N–H and O–H groups in total. The predicted octanol–water partition coefficient (Wildman–Crippen LogP) is 2.32. The Hall–Kier alpha value is -0.570. The molecule has 1 amide bonds. The van der Waals surface area contributed by atoms with Crippen LogP contribution in [0.15, 0.2) is 0 Å². The van der Waals surface area contributed by atoms with Crippen LogP contribution in [0.4, 0.5) is 0 Å². The van der Waals surface area contributed by atoms with Crippen molar-refractivity contribution in [3.63, 3.8) is 0 Å². The second kappa shape index (κ2) is 7.70. The van der Waals surface area contributed by atoms with Crippen molar-refractivity contribution >= 4 is 5.91 Å². The fourth-order valence-corrected chi connectivity index (χ4v) is 2.87. The van der Waals surface area contributed by atoms with Gasteiger partial charge in [0.2, 0.25) is 5.91 Å². The van der Waals surface area contributed by atoms with Crippen LogP contribution < -0.4 is 10.6 Å². The van der Waals surface area contributed by atoms with Crippen molar-refractivity contribution in [3.05, 3.63) is 0 Å². The minimum absolute atomic E-state index is 0.0631. The third-order valence-corrected chi connectivity index (χ3v) is 3.52. The molecule has 0 saturated heterocycles. The molecular formula is C14H28N2O. The minimum atomic E-state index is 0.0631. The summed E-state index contributed by atoms with van der Waals surface area (Å²) in [5.74, 6) is 1.79. The van der Waals surface area contributed by atoms with E-state index in [1.807, 2.05) is 0 Å². The summed E-state index contributed by atoms with van der Waals surface area (Å²) in [5.41, 5.74) is 0. The van der Waals surface area contributed by atoms with Gasteiger partial charge >= 0.3 is 0 Å². The van der Waals surface area contributed by atoms with Crippen molar-refractivity contribution in [2.45, 2.75) is 58.9 Å². The smallest absolute Gasteiger partial charge is 0.216 e. The first kappa shape index (κ1) is 14.5. The highest BCUT2D eigenvalue weighted by atomic mass is 16.1. The third-order valence-electron chi connectivity index (χ3n) is 3.52. The second-order valence-corrected chi connectivity index (χ2v) is 5.80. The van der Waals surface area contributed by atoms with Gasteiger partial charge in [0.25, 0.3) is 0 Å². The van der Waals surface area contributed by atoms with Crippen LogP contribution in [0.5, 0.6) is 0 Å². The first-order valence-corrected chi connectivity index (χ1v) is 7.05. The molecule has 1 saturated carbocycles. The number of rotatable bonds is 6. The van der Waals surface area contributed by atoms with Gasteiger partial charge in [-0.2, -0.15) is 0 Å². The van der Waals surface area contributed by atoms with E-state index in [9.17, 15) is 4.79 Å². The maximum Gasteiger partial charge on any atom is 0.216 e. The normalized spacial score (nSPS) is 24.9. The zero-order chi connectivity index (χ0) is 12.7. The first-order chi connectivity index (χ1) is 8.08.